The molecule has 1 aromatic heterocycles. The van der Waals surface area contributed by atoms with Gasteiger partial charge in [0.05, 0.1) is 3.57 Å². The summed E-state index contributed by atoms with van der Waals surface area (Å²) < 4.78 is 11.1. The normalized spacial score (nSPS) is 10.1. The number of rotatable bonds is 3. The highest BCUT2D eigenvalue weighted by molar-refractivity contribution is 14.1. The van der Waals surface area contributed by atoms with E-state index in [2.05, 4.69) is 37.3 Å². The van der Waals surface area contributed by atoms with Crippen molar-refractivity contribution in [1.29, 1.82) is 0 Å². The lowest BCUT2D eigenvalue weighted by Crippen LogP contribution is -1.98. The van der Waals surface area contributed by atoms with Gasteiger partial charge in [-0.15, -0.1) is 0 Å². The zero-order chi connectivity index (χ0) is 9.80. The molecule has 0 fully saturated rings. The molecule has 1 heterocycles. The zero-order valence-electron chi connectivity index (χ0n) is 7.18. The molecule has 0 amide bonds. The van der Waals surface area contributed by atoms with E-state index >= 15 is 0 Å². The smallest absolute Gasteiger partial charge is 0.213 e. The number of hydrogen-bond acceptors (Lipinski definition) is 4. The van der Waals surface area contributed by atoms with Crippen molar-refractivity contribution in [3.05, 3.63) is 40.1 Å². The van der Waals surface area contributed by atoms with Crippen LogP contribution in [0.2, 0.25) is 0 Å². The van der Waals surface area contributed by atoms with Crippen LogP contribution in [0.4, 0.5) is 0 Å². The first-order chi connectivity index (χ1) is 6.86. The largest absolute Gasteiger partial charge is 0.484 e. The molecule has 1 aromatic carbocycles. The maximum Gasteiger partial charge on any atom is 0.213 e. The summed E-state index contributed by atoms with van der Waals surface area (Å²) in [6.07, 6.45) is 1.29. The summed E-state index contributed by atoms with van der Waals surface area (Å²) in [5.41, 5.74) is 0. The highest BCUT2D eigenvalue weighted by Crippen LogP contribution is 2.20. The van der Waals surface area contributed by atoms with Crippen LogP contribution in [-0.2, 0) is 6.61 Å². The Morgan fingerprint density at radius 1 is 1.36 bits per heavy atom. The molecular formula is C9H7IN2O2. The molecule has 0 radical (unpaired) electrons. The van der Waals surface area contributed by atoms with Crippen molar-refractivity contribution < 1.29 is 9.26 Å². The second-order valence-electron chi connectivity index (χ2n) is 2.57. The number of nitrogens with zero attached hydrogens (tertiary/aromatic N) is 2. The third-order valence-electron chi connectivity index (χ3n) is 1.60. The minimum absolute atomic E-state index is 0.330. The monoisotopic (exact) mass is 302 g/mol. The lowest BCUT2D eigenvalue weighted by Gasteiger charge is -2.04. The molecule has 0 saturated heterocycles. The third kappa shape index (κ3) is 2.22. The van der Waals surface area contributed by atoms with E-state index in [1.165, 1.54) is 6.39 Å². The van der Waals surface area contributed by atoms with E-state index in [0.29, 0.717) is 12.4 Å². The van der Waals surface area contributed by atoms with Gasteiger partial charge in [-0.05, 0) is 34.7 Å². The van der Waals surface area contributed by atoms with Gasteiger partial charge in [-0.2, -0.15) is 4.98 Å². The van der Waals surface area contributed by atoms with Gasteiger partial charge in [0, 0.05) is 0 Å². The Balaban J connectivity index is 2.02. The van der Waals surface area contributed by atoms with Crippen LogP contribution in [0.15, 0.2) is 35.2 Å². The van der Waals surface area contributed by atoms with E-state index in [1.54, 1.807) is 0 Å². The standard InChI is InChI=1S/C9H7IN2O2/c10-7-3-1-2-4-8(7)13-5-9-11-6-14-12-9/h1-4,6H,5H2. The maximum absolute atomic E-state index is 5.49. The van der Waals surface area contributed by atoms with Crippen LogP contribution in [0, 0.1) is 3.57 Å². The molecule has 5 heteroatoms. The second-order valence-corrected chi connectivity index (χ2v) is 3.73. The van der Waals surface area contributed by atoms with E-state index in [-0.39, 0.29) is 0 Å². The van der Waals surface area contributed by atoms with Gasteiger partial charge in [-0.25, -0.2) is 0 Å². The molecule has 0 N–H and O–H groups in total. The van der Waals surface area contributed by atoms with Gasteiger partial charge in [0.1, 0.15) is 5.75 Å². The fraction of sp³-hybridized carbons (Fsp3) is 0.111. The molecule has 0 aliphatic carbocycles. The lowest BCUT2D eigenvalue weighted by molar-refractivity contribution is 0.284. The number of halogens is 1. The van der Waals surface area contributed by atoms with Gasteiger partial charge in [-0.3, -0.25) is 0 Å². The summed E-state index contributed by atoms with van der Waals surface area (Å²) in [6, 6.07) is 7.77. The lowest BCUT2D eigenvalue weighted by atomic mass is 10.3. The Kier molecular flexibility index (Phi) is 2.97. The van der Waals surface area contributed by atoms with Gasteiger partial charge >= 0.3 is 0 Å². The van der Waals surface area contributed by atoms with Gasteiger partial charge in [0.2, 0.25) is 12.2 Å². The first-order valence-corrected chi connectivity index (χ1v) is 5.07. The Bertz CT molecular complexity index is 403. The summed E-state index contributed by atoms with van der Waals surface area (Å²) in [6.45, 7) is 0.330. The van der Waals surface area contributed by atoms with Gasteiger partial charge in [0.25, 0.3) is 0 Å². The average Bonchev–Trinajstić information content (AvgIpc) is 2.69. The zero-order valence-corrected chi connectivity index (χ0v) is 9.34. The van der Waals surface area contributed by atoms with Crippen molar-refractivity contribution in [2.75, 3.05) is 0 Å². The summed E-state index contributed by atoms with van der Waals surface area (Å²) in [7, 11) is 0. The molecule has 0 bridgehead atoms. The number of hydrogen-bond donors (Lipinski definition) is 0. The molecule has 2 aromatic rings. The van der Waals surface area contributed by atoms with Crippen LogP contribution < -0.4 is 4.74 Å². The van der Waals surface area contributed by atoms with Crippen molar-refractivity contribution in [3.63, 3.8) is 0 Å². The minimum atomic E-state index is 0.330. The predicted octanol–water partition coefficient (Wildman–Crippen LogP) is 2.25. The molecule has 0 unspecified atom stereocenters. The van der Waals surface area contributed by atoms with E-state index < -0.39 is 0 Å². The molecule has 0 atom stereocenters. The van der Waals surface area contributed by atoms with Gasteiger partial charge in [-0.1, -0.05) is 17.3 Å². The van der Waals surface area contributed by atoms with E-state index in [4.69, 9.17) is 4.74 Å². The molecular weight excluding hydrogens is 295 g/mol. The number of benzene rings is 1. The summed E-state index contributed by atoms with van der Waals surface area (Å²) in [5.74, 6) is 1.38. The Hall–Kier alpha value is -1.11. The van der Waals surface area contributed by atoms with Gasteiger partial charge in [0.15, 0.2) is 6.61 Å². The SMILES string of the molecule is Ic1ccccc1OCc1ncon1. The summed E-state index contributed by atoms with van der Waals surface area (Å²) in [5, 5.41) is 3.65. The molecule has 4 nitrogen and oxygen atoms in total. The summed E-state index contributed by atoms with van der Waals surface area (Å²) in [4.78, 5) is 3.86. The first kappa shape index (κ1) is 9.45. The van der Waals surface area contributed by atoms with Crippen molar-refractivity contribution in [2.24, 2.45) is 0 Å². The van der Waals surface area contributed by atoms with Crippen molar-refractivity contribution in [2.45, 2.75) is 6.61 Å². The van der Waals surface area contributed by atoms with Crippen LogP contribution >= 0.6 is 22.6 Å². The maximum atomic E-state index is 5.49. The Morgan fingerprint density at radius 2 is 2.21 bits per heavy atom. The van der Waals surface area contributed by atoms with Crippen LogP contribution in [0.25, 0.3) is 0 Å². The summed E-state index contributed by atoms with van der Waals surface area (Å²) >= 11 is 2.21. The molecule has 2 rings (SSSR count). The molecule has 0 aliphatic rings. The molecule has 14 heavy (non-hydrogen) atoms. The number of ether oxygens (including phenoxy) is 1. The van der Waals surface area contributed by atoms with Crippen molar-refractivity contribution in [3.8, 4) is 5.75 Å². The van der Waals surface area contributed by atoms with Crippen LogP contribution in [0.5, 0.6) is 5.75 Å². The topological polar surface area (TPSA) is 48.2 Å². The third-order valence-corrected chi connectivity index (χ3v) is 2.49. The highest BCUT2D eigenvalue weighted by atomic mass is 127. The minimum Gasteiger partial charge on any atom is -0.484 e. The van der Waals surface area contributed by atoms with Gasteiger partial charge < -0.3 is 9.26 Å². The van der Waals surface area contributed by atoms with Crippen LogP contribution in [-0.4, -0.2) is 10.1 Å². The molecule has 72 valence electrons. The van der Waals surface area contributed by atoms with Crippen LogP contribution in [0.1, 0.15) is 5.82 Å². The van der Waals surface area contributed by atoms with Crippen molar-refractivity contribution >= 4 is 22.6 Å². The van der Waals surface area contributed by atoms with Crippen molar-refractivity contribution in [1.82, 2.24) is 10.1 Å². The highest BCUT2D eigenvalue weighted by Gasteiger charge is 2.02. The number of para-hydroxylation sites is 1. The fourth-order valence-corrected chi connectivity index (χ4v) is 1.50. The first-order valence-electron chi connectivity index (χ1n) is 3.99. The van der Waals surface area contributed by atoms with E-state index in [1.807, 2.05) is 24.3 Å². The molecule has 0 spiro atoms. The Morgan fingerprint density at radius 3 is 2.93 bits per heavy atom. The molecule has 0 aliphatic heterocycles. The Labute approximate surface area is 94.4 Å². The van der Waals surface area contributed by atoms with Crippen LogP contribution in [0.3, 0.4) is 0 Å². The molecule has 0 saturated carbocycles. The fourth-order valence-electron chi connectivity index (χ4n) is 0.960. The quantitative estimate of drug-likeness (QED) is 0.816. The second kappa shape index (κ2) is 4.41. The average molecular weight is 302 g/mol. The number of aromatic nitrogens is 2. The predicted molar refractivity (Wildman–Crippen MR) is 57.8 cm³/mol. The van der Waals surface area contributed by atoms with E-state index in [9.17, 15) is 0 Å². The van der Waals surface area contributed by atoms with E-state index in [0.717, 1.165) is 9.32 Å².